The average Bonchev–Trinajstić information content (AvgIpc) is 2.57. The lowest BCUT2D eigenvalue weighted by atomic mass is 9.92. The van der Waals surface area contributed by atoms with Gasteiger partial charge in [-0.05, 0) is 42.9 Å². The predicted octanol–water partition coefficient (Wildman–Crippen LogP) is 3.42. The van der Waals surface area contributed by atoms with Gasteiger partial charge in [0.25, 0.3) is 0 Å². The molecule has 0 aliphatic heterocycles. The van der Waals surface area contributed by atoms with Crippen LogP contribution in [0.5, 0.6) is 0 Å². The van der Waals surface area contributed by atoms with E-state index in [1.165, 1.54) is 5.56 Å². The van der Waals surface area contributed by atoms with Gasteiger partial charge >= 0.3 is 5.97 Å². The van der Waals surface area contributed by atoms with Crippen molar-refractivity contribution in [2.45, 2.75) is 45.8 Å². The van der Waals surface area contributed by atoms with Gasteiger partial charge in [0.2, 0.25) is 0 Å². The summed E-state index contributed by atoms with van der Waals surface area (Å²) in [6.07, 6.45) is 3.47. The fourth-order valence-corrected chi connectivity index (χ4v) is 2.58. The first kappa shape index (κ1) is 20.2. The minimum Gasteiger partial charge on any atom is -0.481 e. The van der Waals surface area contributed by atoms with Gasteiger partial charge in [-0.25, -0.2) is 0 Å². The van der Waals surface area contributed by atoms with Crippen LogP contribution < -0.4 is 5.73 Å². The Bertz CT molecular complexity index is 576. The quantitative estimate of drug-likeness (QED) is 0.680. The number of benzene rings is 1. The van der Waals surface area contributed by atoms with Crippen LogP contribution in [-0.2, 0) is 16.0 Å². The molecule has 132 valence electrons. The summed E-state index contributed by atoms with van der Waals surface area (Å²) in [7, 11) is 1.74. The Balaban J connectivity index is 2.68. The standard InChI is InChI=1S/C20H29NO3/c1-14(10-11-18(21)16(3)20(22)23)12-15(2)19(24-4)13-17-8-6-5-7-9-17/h5-9,11,15-16,18-19H,12-13,21H2,1-4H3,(H,22,23). The van der Waals surface area contributed by atoms with Crippen molar-refractivity contribution in [2.75, 3.05) is 7.11 Å². The van der Waals surface area contributed by atoms with Gasteiger partial charge in [-0.15, -0.1) is 5.73 Å². The number of ether oxygens (including phenoxy) is 1. The normalized spacial score (nSPS) is 15.7. The summed E-state index contributed by atoms with van der Waals surface area (Å²) in [5.41, 5.74) is 11.3. The van der Waals surface area contributed by atoms with Crippen molar-refractivity contribution in [3.63, 3.8) is 0 Å². The highest BCUT2D eigenvalue weighted by Gasteiger charge is 2.19. The zero-order valence-corrected chi connectivity index (χ0v) is 15.0. The van der Waals surface area contributed by atoms with Crippen LogP contribution in [0.25, 0.3) is 0 Å². The summed E-state index contributed by atoms with van der Waals surface area (Å²) in [4.78, 5) is 10.9. The van der Waals surface area contributed by atoms with Gasteiger partial charge in [0, 0.05) is 13.2 Å². The van der Waals surface area contributed by atoms with Crippen molar-refractivity contribution in [3.05, 3.63) is 53.3 Å². The number of hydrogen-bond acceptors (Lipinski definition) is 3. The average molecular weight is 331 g/mol. The van der Waals surface area contributed by atoms with Crippen LogP contribution >= 0.6 is 0 Å². The molecule has 1 aromatic carbocycles. The largest absolute Gasteiger partial charge is 0.481 e. The van der Waals surface area contributed by atoms with Crippen molar-refractivity contribution in [2.24, 2.45) is 17.6 Å². The molecule has 0 fully saturated rings. The van der Waals surface area contributed by atoms with E-state index in [4.69, 9.17) is 15.6 Å². The van der Waals surface area contributed by atoms with E-state index in [1.807, 2.05) is 25.1 Å². The number of nitrogens with two attached hydrogens (primary N) is 1. The van der Waals surface area contributed by atoms with Crippen LogP contribution in [0.1, 0.15) is 32.8 Å². The third-order valence-electron chi connectivity index (χ3n) is 4.33. The van der Waals surface area contributed by atoms with Gasteiger partial charge in [-0.3, -0.25) is 4.79 Å². The van der Waals surface area contributed by atoms with Gasteiger partial charge in [0.1, 0.15) is 0 Å². The van der Waals surface area contributed by atoms with Crippen molar-refractivity contribution in [3.8, 4) is 0 Å². The molecule has 0 saturated heterocycles. The van der Waals surface area contributed by atoms with Crippen molar-refractivity contribution >= 4 is 5.97 Å². The molecule has 0 saturated carbocycles. The van der Waals surface area contributed by atoms with E-state index >= 15 is 0 Å². The summed E-state index contributed by atoms with van der Waals surface area (Å²) in [6, 6.07) is 9.75. The van der Waals surface area contributed by atoms with E-state index in [0.717, 1.165) is 18.4 Å². The first-order valence-corrected chi connectivity index (χ1v) is 8.32. The number of carboxylic acid groups (broad SMARTS) is 1. The monoisotopic (exact) mass is 331 g/mol. The predicted molar refractivity (Wildman–Crippen MR) is 96.8 cm³/mol. The minimum absolute atomic E-state index is 0.121. The van der Waals surface area contributed by atoms with Gasteiger partial charge in [0.05, 0.1) is 12.0 Å². The van der Waals surface area contributed by atoms with Crippen LogP contribution in [-0.4, -0.2) is 30.3 Å². The summed E-state index contributed by atoms with van der Waals surface area (Å²) in [5, 5.41) is 8.96. The SMILES string of the molecule is COC(Cc1ccccc1)C(C)CC(C)=C=CC(N)C(C)C(=O)O. The van der Waals surface area contributed by atoms with E-state index in [2.05, 4.69) is 24.8 Å². The molecule has 0 aliphatic carbocycles. The molecule has 4 unspecified atom stereocenters. The Morgan fingerprint density at radius 2 is 1.96 bits per heavy atom. The Morgan fingerprint density at radius 3 is 2.50 bits per heavy atom. The number of aliphatic carboxylic acids is 1. The molecule has 3 N–H and O–H groups in total. The molecule has 0 heterocycles. The zero-order valence-electron chi connectivity index (χ0n) is 15.0. The topological polar surface area (TPSA) is 72.5 Å². The summed E-state index contributed by atoms with van der Waals surface area (Å²) < 4.78 is 5.66. The molecule has 0 amide bonds. The molecule has 1 rings (SSSR count). The van der Waals surface area contributed by atoms with Gasteiger partial charge in [-0.2, -0.15) is 0 Å². The molecule has 0 aromatic heterocycles. The third kappa shape index (κ3) is 6.71. The number of hydrogen-bond donors (Lipinski definition) is 2. The molecular weight excluding hydrogens is 302 g/mol. The second kappa shape index (κ2) is 10.1. The van der Waals surface area contributed by atoms with E-state index in [0.29, 0.717) is 5.92 Å². The second-order valence-corrected chi connectivity index (χ2v) is 6.44. The Morgan fingerprint density at radius 1 is 1.33 bits per heavy atom. The molecule has 0 radical (unpaired) electrons. The Labute approximate surface area is 145 Å². The summed E-state index contributed by atoms with van der Waals surface area (Å²) >= 11 is 0. The number of carboxylic acids is 1. The fraction of sp³-hybridized carbons (Fsp3) is 0.500. The van der Waals surface area contributed by atoms with Crippen LogP contribution in [0.15, 0.2) is 47.7 Å². The highest BCUT2D eigenvalue weighted by Crippen LogP contribution is 2.20. The second-order valence-electron chi connectivity index (χ2n) is 6.44. The first-order valence-electron chi connectivity index (χ1n) is 8.32. The zero-order chi connectivity index (χ0) is 18.1. The smallest absolute Gasteiger partial charge is 0.308 e. The van der Waals surface area contributed by atoms with Crippen molar-refractivity contribution < 1.29 is 14.6 Å². The molecule has 4 heteroatoms. The molecule has 1 aromatic rings. The maximum Gasteiger partial charge on any atom is 0.308 e. The molecular formula is C20H29NO3. The molecule has 0 spiro atoms. The van der Waals surface area contributed by atoms with Crippen molar-refractivity contribution in [1.29, 1.82) is 0 Å². The summed E-state index contributed by atoms with van der Waals surface area (Å²) in [6.45, 7) is 5.74. The lowest BCUT2D eigenvalue weighted by Crippen LogP contribution is -2.31. The number of rotatable bonds is 9. The number of carbonyl (C=O) groups is 1. The molecule has 4 atom stereocenters. The van der Waals surface area contributed by atoms with Crippen LogP contribution in [0.4, 0.5) is 0 Å². The van der Waals surface area contributed by atoms with Crippen LogP contribution in [0, 0.1) is 11.8 Å². The van der Waals surface area contributed by atoms with E-state index in [1.54, 1.807) is 20.1 Å². The lowest BCUT2D eigenvalue weighted by molar-refractivity contribution is -0.141. The van der Waals surface area contributed by atoms with E-state index in [-0.39, 0.29) is 6.10 Å². The highest BCUT2D eigenvalue weighted by molar-refractivity contribution is 5.70. The van der Waals surface area contributed by atoms with Gasteiger partial charge < -0.3 is 15.6 Å². The third-order valence-corrected chi connectivity index (χ3v) is 4.33. The van der Waals surface area contributed by atoms with Gasteiger partial charge in [0.15, 0.2) is 0 Å². The van der Waals surface area contributed by atoms with Crippen LogP contribution in [0.2, 0.25) is 0 Å². The minimum atomic E-state index is -0.895. The highest BCUT2D eigenvalue weighted by atomic mass is 16.5. The lowest BCUT2D eigenvalue weighted by Gasteiger charge is -2.22. The number of methoxy groups -OCH3 is 1. The fourth-order valence-electron chi connectivity index (χ4n) is 2.58. The summed E-state index contributed by atoms with van der Waals surface area (Å²) in [5.74, 6) is -1.19. The molecule has 24 heavy (non-hydrogen) atoms. The maximum atomic E-state index is 10.9. The maximum absolute atomic E-state index is 10.9. The first-order chi connectivity index (χ1) is 11.3. The molecule has 0 aliphatic rings. The molecule has 0 bridgehead atoms. The van der Waals surface area contributed by atoms with Crippen molar-refractivity contribution in [1.82, 2.24) is 0 Å². The van der Waals surface area contributed by atoms with E-state index in [9.17, 15) is 4.79 Å². The Hall–Kier alpha value is -1.87. The van der Waals surface area contributed by atoms with E-state index < -0.39 is 17.9 Å². The van der Waals surface area contributed by atoms with Crippen LogP contribution in [0.3, 0.4) is 0 Å². The molecule has 4 nitrogen and oxygen atoms in total. The Kier molecular flexibility index (Phi) is 8.48. The van der Waals surface area contributed by atoms with Gasteiger partial charge in [-0.1, -0.05) is 44.2 Å².